The second-order valence-corrected chi connectivity index (χ2v) is 5.08. The molecule has 2 atom stereocenters. The molecule has 0 saturated heterocycles. The van der Waals surface area contributed by atoms with Gasteiger partial charge < -0.3 is 10.6 Å². The van der Waals surface area contributed by atoms with Crippen LogP contribution in [0.4, 0.5) is 11.6 Å². The van der Waals surface area contributed by atoms with Crippen LogP contribution in [-0.4, -0.2) is 38.8 Å². The van der Waals surface area contributed by atoms with Crippen LogP contribution in [0.5, 0.6) is 0 Å². The lowest BCUT2D eigenvalue weighted by Crippen LogP contribution is -2.23. The Balaban J connectivity index is 2.59. The molecule has 0 aliphatic heterocycles. The lowest BCUT2D eigenvalue weighted by atomic mass is 10.4. The first-order valence-corrected chi connectivity index (χ1v) is 6.97. The normalized spacial score (nSPS) is 14.2. The molecule has 1 aromatic rings. The van der Waals surface area contributed by atoms with Gasteiger partial charge in [-0.1, -0.05) is 0 Å². The molecule has 0 fully saturated rings. The summed E-state index contributed by atoms with van der Waals surface area (Å²) >= 11 is 0. The summed E-state index contributed by atoms with van der Waals surface area (Å²) in [6.07, 6.45) is 5.03. The number of aromatic nitrogens is 2. The third-order valence-corrected chi connectivity index (χ3v) is 2.84. The fourth-order valence-electron chi connectivity index (χ4n) is 1.35. The van der Waals surface area contributed by atoms with Gasteiger partial charge in [-0.05, 0) is 13.8 Å². The van der Waals surface area contributed by atoms with Gasteiger partial charge in [0.15, 0.2) is 0 Å². The average molecular weight is 242 g/mol. The lowest BCUT2D eigenvalue weighted by Gasteiger charge is -2.13. The number of rotatable bonds is 6. The summed E-state index contributed by atoms with van der Waals surface area (Å²) in [7, 11) is -0.804. The van der Waals surface area contributed by atoms with Gasteiger partial charge in [-0.2, -0.15) is 0 Å². The molecular weight excluding hydrogens is 224 g/mol. The summed E-state index contributed by atoms with van der Waals surface area (Å²) in [5, 5.41) is 6.25. The zero-order chi connectivity index (χ0) is 12.0. The van der Waals surface area contributed by atoms with Crippen LogP contribution in [0.3, 0.4) is 0 Å². The van der Waals surface area contributed by atoms with E-state index in [2.05, 4.69) is 20.6 Å². The molecule has 2 unspecified atom stereocenters. The molecule has 0 bridgehead atoms. The van der Waals surface area contributed by atoms with Crippen LogP contribution in [0.25, 0.3) is 0 Å². The molecular formula is C10H18N4OS. The van der Waals surface area contributed by atoms with E-state index in [1.807, 2.05) is 13.8 Å². The Morgan fingerprint density at radius 1 is 1.44 bits per heavy atom. The monoisotopic (exact) mass is 242 g/mol. The first kappa shape index (κ1) is 12.9. The molecule has 1 rings (SSSR count). The Morgan fingerprint density at radius 2 is 2.12 bits per heavy atom. The summed E-state index contributed by atoms with van der Waals surface area (Å²) in [4.78, 5) is 8.40. The minimum Gasteiger partial charge on any atom is -0.369 e. The van der Waals surface area contributed by atoms with Gasteiger partial charge >= 0.3 is 0 Å². The standard InChI is InChI=1S/C10H18N4OS/c1-4-12-9-5-11-6-10(14-9)13-8(2)7-16(3)15/h5-6,8H,4,7H2,1-3H3,(H2,12,13,14). The molecule has 1 aromatic heterocycles. The molecule has 5 nitrogen and oxygen atoms in total. The highest BCUT2D eigenvalue weighted by Crippen LogP contribution is 2.07. The third-order valence-electron chi connectivity index (χ3n) is 1.87. The Kier molecular flexibility index (Phi) is 5.18. The van der Waals surface area contributed by atoms with Gasteiger partial charge in [0, 0.05) is 35.4 Å². The molecule has 0 amide bonds. The molecule has 1 heterocycles. The van der Waals surface area contributed by atoms with Gasteiger partial charge in [-0.15, -0.1) is 0 Å². The quantitative estimate of drug-likeness (QED) is 0.781. The van der Waals surface area contributed by atoms with Crippen LogP contribution in [0.15, 0.2) is 12.4 Å². The summed E-state index contributed by atoms with van der Waals surface area (Å²) in [6.45, 7) is 4.79. The number of anilines is 2. The van der Waals surface area contributed by atoms with E-state index in [1.165, 1.54) is 0 Å². The fraction of sp³-hybridized carbons (Fsp3) is 0.600. The molecule has 0 aliphatic carbocycles. The molecule has 0 aliphatic rings. The zero-order valence-corrected chi connectivity index (χ0v) is 10.7. The number of hydrogen-bond acceptors (Lipinski definition) is 5. The average Bonchev–Trinajstić information content (AvgIpc) is 2.17. The summed E-state index contributed by atoms with van der Waals surface area (Å²) < 4.78 is 11.0. The summed E-state index contributed by atoms with van der Waals surface area (Å²) in [5.74, 6) is 2.06. The van der Waals surface area contributed by atoms with Crippen molar-refractivity contribution in [2.24, 2.45) is 0 Å². The minimum absolute atomic E-state index is 0.122. The van der Waals surface area contributed by atoms with Crippen molar-refractivity contribution in [3.05, 3.63) is 12.4 Å². The van der Waals surface area contributed by atoms with E-state index in [9.17, 15) is 4.21 Å². The van der Waals surface area contributed by atoms with Crippen LogP contribution >= 0.6 is 0 Å². The highest BCUT2D eigenvalue weighted by atomic mass is 32.2. The van der Waals surface area contributed by atoms with E-state index in [0.717, 1.165) is 12.4 Å². The second-order valence-electron chi connectivity index (χ2n) is 3.61. The Morgan fingerprint density at radius 3 is 2.75 bits per heavy atom. The van der Waals surface area contributed by atoms with Gasteiger partial charge in [-0.3, -0.25) is 9.19 Å². The van der Waals surface area contributed by atoms with Crippen molar-refractivity contribution in [3.8, 4) is 0 Å². The Bertz CT molecular complexity index is 358. The smallest absolute Gasteiger partial charge is 0.147 e. The molecule has 6 heteroatoms. The van der Waals surface area contributed by atoms with Gasteiger partial charge in [-0.25, -0.2) is 4.98 Å². The summed E-state index contributed by atoms with van der Waals surface area (Å²) in [5.41, 5.74) is 0. The zero-order valence-electron chi connectivity index (χ0n) is 9.86. The van der Waals surface area contributed by atoms with E-state index in [-0.39, 0.29) is 6.04 Å². The highest BCUT2D eigenvalue weighted by molar-refractivity contribution is 7.84. The predicted octanol–water partition coefficient (Wildman–Crippen LogP) is 1.09. The molecule has 0 radical (unpaired) electrons. The fourth-order valence-corrected chi connectivity index (χ4v) is 2.14. The SMILES string of the molecule is CCNc1cncc(NC(C)CS(C)=O)n1. The third kappa shape index (κ3) is 4.57. The van der Waals surface area contributed by atoms with Gasteiger partial charge in [0.1, 0.15) is 11.6 Å². The largest absolute Gasteiger partial charge is 0.369 e. The van der Waals surface area contributed by atoms with Crippen molar-refractivity contribution in [2.45, 2.75) is 19.9 Å². The van der Waals surface area contributed by atoms with E-state index in [1.54, 1.807) is 18.6 Å². The van der Waals surface area contributed by atoms with Crippen molar-refractivity contribution >= 4 is 22.4 Å². The van der Waals surface area contributed by atoms with E-state index >= 15 is 0 Å². The van der Waals surface area contributed by atoms with Crippen molar-refractivity contribution in [3.63, 3.8) is 0 Å². The molecule has 0 aromatic carbocycles. The van der Waals surface area contributed by atoms with E-state index in [0.29, 0.717) is 11.6 Å². The van der Waals surface area contributed by atoms with Crippen molar-refractivity contribution < 1.29 is 4.21 Å². The number of nitrogens with zero attached hydrogens (tertiary/aromatic N) is 2. The van der Waals surface area contributed by atoms with Crippen LogP contribution < -0.4 is 10.6 Å². The first-order valence-electron chi connectivity index (χ1n) is 5.24. The first-order chi connectivity index (χ1) is 7.61. The molecule has 0 saturated carbocycles. The Labute approximate surface area is 98.5 Å². The van der Waals surface area contributed by atoms with E-state index in [4.69, 9.17) is 0 Å². The molecule has 2 N–H and O–H groups in total. The van der Waals surface area contributed by atoms with Crippen LogP contribution in [0.2, 0.25) is 0 Å². The number of hydrogen-bond donors (Lipinski definition) is 2. The number of nitrogens with one attached hydrogen (secondary N) is 2. The van der Waals surface area contributed by atoms with Gasteiger partial charge in [0.25, 0.3) is 0 Å². The second kappa shape index (κ2) is 6.42. The molecule has 90 valence electrons. The highest BCUT2D eigenvalue weighted by Gasteiger charge is 2.05. The molecule has 16 heavy (non-hydrogen) atoms. The Hall–Kier alpha value is -1.17. The van der Waals surface area contributed by atoms with Crippen LogP contribution in [0, 0.1) is 0 Å². The van der Waals surface area contributed by atoms with Gasteiger partial charge in [0.2, 0.25) is 0 Å². The van der Waals surface area contributed by atoms with Crippen LogP contribution in [-0.2, 0) is 10.8 Å². The predicted molar refractivity (Wildman–Crippen MR) is 68.2 cm³/mol. The van der Waals surface area contributed by atoms with Crippen molar-refractivity contribution in [1.82, 2.24) is 9.97 Å². The molecule has 0 spiro atoms. The maximum Gasteiger partial charge on any atom is 0.147 e. The van der Waals surface area contributed by atoms with E-state index < -0.39 is 10.8 Å². The van der Waals surface area contributed by atoms with Crippen molar-refractivity contribution in [2.75, 3.05) is 29.2 Å². The minimum atomic E-state index is -0.804. The maximum atomic E-state index is 11.0. The lowest BCUT2D eigenvalue weighted by molar-refractivity contribution is 0.683. The van der Waals surface area contributed by atoms with Crippen molar-refractivity contribution in [1.29, 1.82) is 0 Å². The van der Waals surface area contributed by atoms with Gasteiger partial charge in [0.05, 0.1) is 12.4 Å². The summed E-state index contributed by atoms with van der Waals surface area (Å²) in [6, 6.07) is 0.122. The maximum absolute atomic E-state index is 11.0. The van der Waals surface area contributed by atoms with Crippen LogP contribution in [0.1, 0.15) is 13.8 Å². The topological polar surface area (TPSA) is 66.9 Å².